The van der Waals surface area contributed by atoms with Crippen molar-refractivity contribution in [1.82, 2.24) is 5.32 Å². The van der Waals surface area contributed by atoms with E-state index in [2.05, 4.69) is 11.4 Å². The van der Waals surface area contributed by atoms with E-state index >= 15 is 0 Å². The number of carbonyl (C=O) groups excluding carboxylic acids is 1. The number of rotatable bonds is 5. The number of aliphatic carboxylic acids is 1. The van der Waals surface area contributed by atoms with Gasteiger partial charge in [-0.15, -0.1) is 0 Å². The van der Waals surface area contributed by atoms with Gasteiger partial charge in [-0.25, -0.2) is 0 Å². The Labute approximate surface area is 201 Å². The summed E-state index contributed by atoms with van der Waals surface area (Å²) < 4.78 is 17.2. The van der Waals surface area contributed by atoms with Gasteiger partial charge in [0.1, 0.15) is 35.7 Å². The second kappa shape index (κ2) is 9.39. The SMILES string of the molecule is N#Cc1cc2c(cc1Oc1ccc(C(=O)NC3COc4ccccc4C3)cc1)OCCC2C(=O)O. The van der Waals surface area contributed by atoms with E-state index in [9.17, 15) is 20.0 Å². The molecule has 0 fully saturated rings. The minimum atomic E-state index is -0.954. The van der Waals surface area contributed by atoms with E-state index in [1.165, 1.54) is 6.07 Å². The summed E-state index contributed by atoms with van der Waals surface area (Å²) in [7, 11) is 0. The van der Waals surface area contributed by atoms with Gasteiger partial charge in [0.15, 0.2) is 0 Å². The molecule has 2 N–H and O–H groups in total. The Hall–Kier alpha value is -4.51. The summed E-state index contributed by atoms with van der Waals surface area (Å²) in [5, 5.41) is 22.0. The number of carboxylic acids is 1. The van der Waals surface area contributed by atoms with Crippen LogP contribution in [0.2, 0.25) is 0 Å². The minimum Gasteiger partial charge on any atom is -0.493 e. The first-order valence-corrected chi connectivity index (χ1v) is 11.2. The summed E-state index contributed by atoms with van der Waals surface area (Å²) in [6, 6.07) is 19.3. The lowest BCUT2D eigenvalue weighted by molar-refractivity contribution is -0.139. The molecule has 176 valence electrons. The van der Waals surface area contributed by atoms with Crippen molar-refractivity contribution in [3.05, 3.63) is 82.9 Å². The van der Waals surface area contributed by atoms with Gasteiger partial charge >= 0.3 is 5.97 Å². The zero-order valence-electron chi connectivity index (χ0n) is 18.7. The van der Waals surface area contributed by atoms with E-state index in [4.69, 9.17) is 14.2 Å². The quantitative estimate of drug-likeness (QED) is 0.578. The van der Waals surface area contributed by atoms with Crippen LogP contribution in [0.3, 0.4) is 0 Å². The van der Waals surface area contributed by atoms with E-state index in [1.54, 1.807) is 30.3 Å². The number of fused-ring (bicyclic) bond motifs is 2. The molecule has 5 rings (SSSR count). The summed E-state index contributed by atoms with van der Waals surface area (Å²) >= 11 is 0. The molecule has 0 radical (unpaired) electrons. The number of amides is 1. The van der Waals surface area contributed by atoms with Crippen molar-refractivity contribution in [1.29, 1.82) is 5.26 Å². The average molecular weight is 470 g/mol. The molecule has 0 saturated carbocycles. The number of hydrogen-bond donors (Lipinski definition) is 2. The van der Waals surface area contributed by atoms with Gasteiger partial charge in [-0.1, -0.05) is 18.2 Å². The van der Waals surface area contributed by atoms with Crippen LogP contribution in [0, 0.1) is 11.3 Å². The Bertz CT molecular complexity index is 1330. The normalized spacial score (nSPS) is 18.0. The largest absolute Gasteiger partial charge is 0.493 e. The maximum Gasteiger partial charge on any atom is 0.311 e. The monoisotopic (exact) mass is 470 g/mol. The van der Waals surface area contributed by atoms with Crippen LogP contribution in [-0.2, 0) is 11.2 Å². The second-order valence-electron chi connectivity index (χ2n) is 8.45. The molecular formula is C27H22N2O6. The van der Waals surface area contributed by atoms with Gasteiger partial charge < -0.3 is 24.6 Å². The highest BCUT2D eigenvalue weighted by atomic mass is 16.5. The first-order chi connectivity index (χ1) is 17.0. The number of ether oxygens (including phenoxy) is 3. The summed E-state index contributed by atoms with van der Waals surface area (Å²) in [4.78, 5) is 24.3. The molecule has 0 saturated heterocycles. The molecule has 2 atom stereocenters. The zero-order chi connectivity index (χ0) is 24.4. The summed E-state index contributed by atoms with van der Waals surface area (Å²) in [5.41, 5.74) is 2.20. The first kappa shape index (κ1) is 22.3. The van der Waals surface area contributed by atoms with Gasteiger partial charge in [0.05, 0.1) is 24.1 Å². The first-order valence-electron chi connectivity index (χ1n) is 11.2. The predicted octanol–water partition coefficient (Wildman–Crippen LogP) is 4.03. The van der Waals surface area contributed by atoms with Crippen molar-refractivity contribution in [2.24, 2.45) is 0 Å². The van der Waals surface area contributed by atoms with Crippen LogP contribution in [0.15, 0.2) is 60.7 Å². The lowest BCUT2D eigenvalue weighted by Crippen LogP contribution is -2.42. The Morgan fingerprint density at radius 2 is 1.86 bits per heavy atom. The number of nitrogens with one attached hydrogen (secondary N) is 1. The summed E-state index contributed by atoms with van der Waals surface area (Å²) in [6.07, 6.45) is 1.04. The molecule has 0 aliphatic carbocycles. The van der Waals surface area contributed by atoms with Gasteiger partial charge in [-0.3, -0.25) is 9.59 Å². The predicted molar refractivity (Wildman–Crippen MR) is 125 cm³/mol. The third-order valence-electron chi connectivity index (χ3n) is 6.13. The smallest absolute Gasteiger partial charge is 0.311 e. The molecule has 2 aliphatic heterocycles. The lowest BCUT2D eigenvalue weighted by atomic mass is 9.91. The number of nitriles is 1. The van der Waals surface area contributed by atoms with Gasteiger partial charge in [0.2, 0.25) is 0 Å². The molecule has 1 amide bonds. The van der Waals surface area contributed by atoms with Crippen LogP contribution < -0.4 is 19.5 Å². The van der Waals surface area contributed by atoms with Crippen LogP contribution in [0.25, 0.3) is 0 Å². The fourth-order valence-electron chi connectivity index (χ4n) is 4.34. The highest BCUT2D eigenvalue weighted by molar-refractivity contribution is 5.94. The Kier molecular flexibility index (Phi) is 5.98. The summed E-state index contributed by atoms with van der Waals surface area (Å²) in [5.74, 6) is 0.0353. The molecule has 2 unspecified atom stereocenters. The Balaban J connectivity index is 1.28. The van der Waals surface area contributed by atoms with Crippen LogP contribution in [0.5, 0.6) is 23.0 Å². The molecule has 3 aromatic rings. The van der Waals surface area contributed by atoms with Crippen molar-refractivity contribution < 1.29 is 28.9 Å². The highest BCUT2D eigenvalue weighted by Gasteiger charge is 2.29. The van der Waals surface area contributed by atoms with Crippen molar-refractivity contribution >= 4 is 11.9 Å². The van der Waals surface area contributed by atoms with Gasteiger partial charge in [0, 0.05) is 17.2 Å². The van der Waals surface area contributed by atoms with Gasteiger partial charge in [0.25, 0.3) is 5.91 Å². The molecule has 8 heteroatoms. The topological polar surface area (TPSA) is 118 Å². The molecule has 2 aliphatic rings. The minimum absolute atomic E-state index is 0.128. The maximum absolute atomic E-state index is 12.7. The maximum atomic E-state index is 12.7. The van der Waals surface area contributed by atoms with Crippen molar-refractivity contribution in [2.75, 3.05) is 13.2 Å². The number of benzene rings is 3. The third kappa shape index (κ3) is 4.62. The van der Waals surface area contributed by atoms with Crippen LogP contribution in [0.4, 0.5) is 0 Å². The lowest BCUT2D eigenvalue weighted by Gasteiger charge is -2.26. The molecule has 0 spiro atoms. The van der Waals surface area contributed by atoms with Crippen molar-refractivity contribution in [3.63, 3.8) is 0 Å². The van der Waals surface area contributed by atoms with E-state index < -0.39 is 11.9 Å². The Morgan fingerprint density at radius 3 is 2.63 bits per heavy atom. The van der Waals surface area contributed by atoms with E-state index in [-0.39, 0.29) is 29.9 Å². The molecule has 2 heterocycles. The highest BCUT2D eigenvalue weighted by Crippen LogP contribution is 2.39. The molecule has 0 bridgehead atoms. The zero-order valence-corrected chi connectivity index (χ0v) is 18.7. The molecule has 0 aromatic heterocycles. The average Bonchev–Trinajstić information content (AvgIpc) is 2.88. The van der Waals surface area contributed by atoms with E-state index in [0.29, 0.717) is 42.1 Å². The van der Waals surface area contributed by atoms with Crippen LogP contribution in [0.1, 0.15) is 39.4 Å². The number of hydrogen-bond acceptors (Lipinski definition) is 6. The molecule has 3 aromatic carbocycles. The van der Waals surface area contributed by atoms with E-state index in [0.717, 1.165) is 11.3 Å². The summed E-state index contributed by atoms with van der Waals surface area (Å²) in [6.45, 7) is 0.681. The number of carboxylic acid groups (broad SMARTS) is 1. The van der Waals surface area contributed by atoms with E-state index in [1.807, 2.05) is 24.3 Å². The molecular weight excluding hydrogens is 448 g/mol. The number of para-hydroxylation sites is 1. The molecule has 35 heavy (non-hydrogen) atoms. The Morgan fingerprint density at radius 1 is 1.06 bits per heavy atom. The van der Waals surface area contributed by atoms with Gasteiger partial charge in [-0.05, 0) is 54.8 Å². The number of nitrogens with zero attached hydrogens (tertiary/aromatic N) is 1. The van der Waals surface area contributed by atoms with Crippen LogP contribution in [-0.4, -0.2) is 36.2 Å². The van der Waals surface area contributed by atoms with Crippen molar-refractivity contribution in [2.45, 2.75) is 24.8 Å². The fourth-order valence-corrected chi connectivity index (χ4v) is 4.34. The number of carbonyl (C=O) groups is 2. The fraction of sp³-hybridized carbons (Fsp3) is 0.222. The van der Waals surface area contributed by atoms with Crippen molar-refractivity contribution in [3.8, 4) is 29.1 Å². The third-order valence-corrected chi connectivity index (χ3v) is 6.13. The van der Waals surface area contributed by atoms with Gasteiger partial charge in [-0.2, -0.15) is 5.26 Å². The van der Waals surface area contributed by atoms with Crippen LogP contribution >= 0.6 is 0 Å². The molecule has 8 nitrogen and oxygen atoms in total. The standard InChI is InChI=1S/C27H22N2O6/c28-14-18-12-22-21(27(31)32)9-10-33-25(22)13-24(18)35-20-7-5-16(6-8-20)26(30)29-19-11-17-3-1-2-4-23(17)34-15-19/h1-8,12-13,19,21H,9-11,15H2,(H,29,30)(H,31,32). The second-order valence-corrected chi connectivity index (χ2v) is 8.45.